The predicted molar refractivity (Wildman–Crippen MR) is 46.0 cm³/mol. The largest absolute Gasteiger partial charge is 0.469 e. The van der Waals surface area contributed by atoms with Gasteiger partial charge in [0.15, 0.2) is 0 Å². The van der Waals surface area contributed by atoms with Gasteiger partial charge in [0, 0.05) is 6.42 Å². The molecule has 4 heteroatoms. The highest BCUT2D eigenvalue weighted by Gasteiger charge is 2.01. The number of methoxy groups -OCH3 is 1. The first-order valence-corrected chi connectivity index (χ1v) is 4.39. The molecule has 0 aliphatic heterocycles. The van der Waals surface area contributed by atoms with Gasteiger partial charge in [-0.3, -0.25) is 4.79 Å². The first kappa shape index (κ1) is 11.1. The van der Waals surface area contributed by atoms with Crippen LogP contribution in [0.5, 0.6) is 0 Å². The molecule has 0 N–H and O–H groups in total. The fraction of sp³-hybridized carbons (Fsp3) is 0.857. The van der Waals surface area contributed by atoms with Gasteiger partial charge in [0.2, 0.25) is 0 Å². The van der Waals surface area contributed by atoms with Crippen LogP contribution in [0.3, 0.4) is 0 Å². The molecular formula is C7H12Cl2O2. The molecule has 66 valence electrons. The molecule has 0 radical (unpaired) electrons. The SMILES string of the molecule is COC(=O)CCCCC(Cl)Cl. The van der Waals surface area contributed by atoms with Gasteiger partial charge in [-0.2, -0.15) is 0 Å². The summed E-state index contributed by atoms with van der Waals surface area (Å²) in [6, 6.07) is 0. The number of halogens is 2. The zero-order valence-electron chi connectivity index (χ0n) is 6.48. The molecule has 0 aliphatic carbocycles. The second kappa shape index (κ2) is 6.74. The molecule has 0 aromatic heterocycles. The summed E-state index contributed by atoms with van der Waals surface area (Å²) in [7, 11) is 1.38. The molecule has 2 nitrogen and oxygen atoms in total. The van der Waals surface area contributed by atoms with Crippen molar-refractivity contribution in [3.63, 3.8) is 0 Å². The second-order valence-corrected chi connectivity index (χ2v) is 3.49. The Hall–Kier alpha value is 0.0500. The number of carbonyl (C=O) groups excluding carboxylic acids is 1. The van der Waals surface area contributed by atoms with Crippen LogP contribution in [0.4, 0.5) is 0 Å². The fourth-order valence-corrected chi connectivity index (χ4v) is 0.979. The first-order chi connectivity index (χ1) is 5.16. The average molecular weight is 199 g/mol. The van der Waals surface area contributed by atoms with Crippen molar-refractivity contribution in [2.75, 3.05) is 7.11 Å². The maximum atomic E-state index is 10.6. The monoisotopic (exact) mass is 198 g/mol. The van der Waals surface area contributed by atoms with Gasteiger partial charge in [0.05, 0.1) is 7.11 Å². The van der Waals surface area contributed by atoms with Gasteiger partial charge in [0.25, 0.3) is 0 Å². The molecule has 0 aromatic rings. The van der Waals surface area contributed by atoms with E-state index in [1.54, 1.807) is 0 Å². The number of ether oxygens (including phenoxy) is 1. The lowest BCUT2D eigenvalue weighted by atomic mass is 10.2. The fourth-order valence-electron chi connectivity index (χ4n) is 0.670. The van der Waals surface area contributed by atoms with Crippen LogP contribution in [0.2, 0.25) is 0 Å². The maximum Gasteiger partial charge on any atom is 0.305 e. The van der Waals surface area contributed by atoms with Gasteiger partial charge in [-0.05, 0) is 12.8 Å². The minimum atomic E-state index is -0.312. The van der Waals surface area contributed by atoms with Crippen molar-refractivity contribution >= 4 is 29.2 Å². The van der Waals surface area contributed by atoms with E-state index in [2.05, 4.69) is 4.74 Å². The zero-order chi connectivity index (χ0) is 8.69. The van der Waals surface area contributed by atoms with E-state index in [0.29, 0.717) is 6.42 Å². The van der Waals surface area contributed by atoms with Crippen LogP contribution in [0.25, 0.3) is 0 Å². The molecule has 0 heterocycles. The van der Waals surface area contributed by atoms with Gasteiger partial charge in [-0.1, -0.05) is 6.42 Å². The zero-order valence-corrected chi connectivity index (χ0v) is 7.99. The Morgan fingerprint density at radius 3 is 2.55 bits per heavy atom. The van der Waals surface area contributed by atoms with Crippen molar-refractivity contribution in [2.45, 2.75) is 30.5 Å². The standard InChI is InChI=1S/C7H12Cl2O2/c1-11-7(10)5-3-2-4-6(8)9/h6H,2-5H2,1H3. The van der Waals surface area contributed by atoms with Crippen molar-refractivity contribution in [2.24, 2.45) is 0 Å². The number of unbranched alkanes of at least 4 members (excludes halogenated alkanes) is 1. The molecule has 0 unspecified atom stereocenters. The summed E-state index contributed by atoms with van der Waals surface area (Å²) >= 11 is 11.0. The van der Waals surface area contributed by atoms with Gasteiger partial charge < -0.3 is 4.74 Å². The van der Waals surface area contributed by atoms with Crippen molar-refractivity contribution < 1.29 is 9.53 Å². The summed E-state index contributed by atoms with van der Waals surface area (Å²) in [5, 5.41) is 0. The summed E-state index contributed by atoms with van der Waals surface area (Å²) in [5.41, 5.74) is 0. The molecule has 0 aromatic carbocycles. The van der Waals surface area contributed by atoms with Crippen LogP contribution in [-0.4, -0.2) is 17.9 Å². The Bertz CT molecular complexity index is 115. The average Bonchev–Trinajstić information content (AvgIpc) is 1.97. The van der Waals surface area contributed by atoms with Crippen LogP contribution >= 0.6 is 23.2 Å². The predicted octanol–water partition coefficient (Wildman–Crippen LogP) is 2.52. The van der Waals surface area contributed by atoms with E-state index < -0.39 is 0 Å². The number of alkyl halides is 2. The molecule has 11 heavy (non-hydrogen) atoms. The quantitative estimate of drug-likeness (QED) is 0.386. The van der Waals surface area contributed by atoms with Gasteiger partial charge >= 0.3 is 5.97 Å². The molecule has 0 amide bonds. The summed E-state index contributed by atoms with van der Waals surface area (Å²) in [5.74, 6) is -0.175. The van der Waals surface area contributed by atoms with Crippen molar-refractivity contribution in [1.82, 2.24) is 0 Å². The molecule has 0 saturated carbocycles. The van der Waals surface area contributed by atoms with Gasteiger partial charge in [-0.15, -0.1) is 23.2 Å². The second-order valence-electron chi connectivity index (χ2n) is 2.21. The van der Waals surface area contributed by atoms with Crippen LogP contribution in [0, 0.1) is 0 Å². The molecule has 0 saturated heterocycles. The molecule has 0 spiro atoms. The minimum absolute atomic E-state index is 0.175. The van der Waals surface area contributed by atoms with E-state index in [-0.39, 0.29) is 10.8 Å². The van der Waals surface area contributed by atoms with Gasteiger partial charge in [-0.25, -0.2) is 0 Å². The third kappa shape index (κ3) is 7.95. The van der Waals surface area contributed by atoms with Crippen molar-refractivity contribution in [3.8, 4) is 0 Å². The number of rotatable bonds is 5. The van der Waals surface area contributed by atoms with E-state index in [4.69, 9.17) is 23.2 Å². The van der Waals surface area contributed by atoms with E-state index in [1.165, 1.54) is 7.11 Å². The van der Waals surface area contributed by atoms with Crippen LogP contribution < -0.4 is 0 Å². The maximum absolute atomic E-state index is 10.6. The molecule has 0 aliphatic rings. The lowest BCUT2D eigenvalue weighted by Crippen LogP contribution is -1.99. The van der Waals surface area contributed by atoms with Crippen LogP contribution in [0.15, 0.2) is 0 Å². The lowest BCUT2D eigenvalue weighted by Gasteiger charge is -1.99. The van der Waals surface area contributed by atoms with E-state index in [0.717, 1.165) is 19.3 Å². The Morgan fingerprint density at radius 1 is 1.45 bits per heavy atom. The summed E-state index contributed by atoms with van der Waals surface area (Å²) in [6.45, 7) is 0. The lowest BCUT2D eigenvalue weighted by molar-refractivity contribution is -0.140. The topological polar surface area (TPSA) is 26.3 Å². The van der Waals surface area contributed by atoms with E-state index in [1.807, 2.05) is 0 Å². The van der Waals surface area contributed by atoms with Crippen molar-refractivity contribution in [3.05, 3.63) is 0 Å². The molecule has 0 atom stereocenters. The summed E-state index contributed by atoms with van der Waals surface area (Å²) in [6.07, 6.45) is 2.85. The molecular weight excluding hydrogens is 187 g/mol. The third-order valence-corrected chi connectivity index (χ3v) is 1.72. The Morgan fingerprint density at radius 2 is 2.09 bits per heavy atom. The van der Waals surface area contributed by atoms with Gasteiger partial charge in [0.1, 0.15) is 4.84 Å². The highest BCUT2D eigenvalue weighted by atomic mass is 35.5. The number of esters is 1. The number of carbonyl (C=O) groups is 1. The van der Waals surface area contributed by atoms with E-state index >= 15 is 0 Å². The van der Waals surface area contributed by atoms with Crippen LogP contribution in [-0.2, 0) is 9.53 Å². The summed E-state index contributed by atoms with van der Waals surface area (Å²) < 4.78 is 4.45. The number of hydrogen-bond donors (Lipinski definition) is 0. The summed E-state index contributed by atoms with van der Waals surface area (Å²) in [4.78, 5) is 10.3. The first-order valence-electron chi connectivity index (χ1n) is 3.51. The number of hydrogen-bond acceptors (Lipinski definition) is 2. The smallest absolute Gasteiger partial charge is 0.305 e. The Labute approximate surface area is 76.8 Å². The normalized spacial score (nSPS) is 10.2. The molecule has 0 fully saturated rings. The minimum Gasteiger partial charge on any atom is -0.469 e. The Kier molecular flexibility index (Phi) is 6.77. The van der Waals surface area contributed by atoms with Crippen molar-refractivity contribution in [1.29, 1.82) is 0 Å². The van der Waals surface area contributed by atoms with E-state index in [9.17, 15) is 4.79 Å². The third-order valence-electron chi connectivity index (χ3n) is 1.28. The molecule has 0 rings (SSSR count). The molecule has 0 bridgehead atoms. The highest BCUT2D eigenvalue weighted by molar-refractivity contribution is 6.44. The Balaban J connectivity index is 3.08. The van der Waals surface area contributed by atoms with Crippen LogP contribution in [0.1, 0.15) is 25.7 Å². The highest BCUT2D eigenvalue weighted by Crippen LogP contribution is 2.12.